The first-order chi connectivity index (χ1) is 57.8. The number of halogens is 3. The van der Waals surface area contributed by atoms with Crippen LogP contribution in [0.3, 0.4) is 0 Å². The normalized spacial score (nSPS) is 13.8. The average molecular weight is 1730 g/mol. The third-order valence-electron chi connectivity index (χ3n) is 21.6. The molecule has 25 heteroatoms. The molecule has 598 valence electrons. The van der Waals surface area contributed by atoms with E-state index in [9.17, 15) is 23.1 Å². The molecular formula is C94H75BF3N3O10S8. The third kappa shape index (κ3) is 14.6. The lowest BCUT2D eigenvalue weighted by molar-refractivity contribution is -0.518. The second-order valence-electron chi connectivity index (χ2n) is 28.9. The van der Waals surface area contributed by atoms with Crippen molar-refractivity contribution in [3.8, 4) is 126 Å². The summed E-state index contributed by atoms with van der Waals surface area (Å²) in [5, 5.41) is 13.2. The number of rotatable bonds is 20. The van der Waals surface area contributed by atoms with E-state index in [1.807, 2.05) is 120 Å². The van der Waals surface area contributed by atoms with Crippen molar-refractivity contribution in [2.75, 3.05) is 64.7 Å². The van der Waals surface area contributed by atoms with Crippen LogP contribution in [-0.2, 0) is 6.18 Å². The first kappa shape index (κ1) is 78.8. The zero-order valence-electron chi connectivity index (χ0n) is 65.8. The Bertz CT molecular complexity index is 6350. The van der Waals surface area contributed by atoms with Crippen molar-refractivity contribution < 1.29 is 65.4 Å². The van der Waals surface area contributed by atoms with Crippen molar-refractivity contribution in [1.82, 2.24) is 0 Å². The number of aromatic carboxylic acids is 1. The van der Waals surface area contributed by atoms with E-state index in [4.69, 9.17) is 37.9 Å². The zero-order valence-corrected chi connectivity index (χ0v) is 72.3. The summed E-state index contributed by atoms with van der Waals surface area (Å²) in [6.07, 6.45) is -5.01. The Kier molecular flexibility index (Phi) is 21.4. The predicted octanol–water partition coefficient (Wildman–Crippen LogP) is 25.1. The molecule has 19 rings (SSSR count). The molecule has 1 unspecified atom stereocenters. The van der Waals surface area contributed by atoms with Gasteiger partial charge in [0.25, 0.3) is 0 Å². The quantitative estimate of drug-likeness (QED) is 0.0731. The van der Waals surface area contributed by atoms with Crippen molar-refractivity contribution in [3.05, 3.63) is 274 Å². The molecule has 1 atom stereocenters. The summed E-state index contributed by atoms with van der Waals surface area (Å²) in [7, 11) is 6.69. The van der Waals surface area contributed by atoms with Crippen LogP contribution >= 0.6 is 90.7 Å². The van der Waals surface area contributed by atoms with Gasteiger partial charge >= 0.3 is 18.4 Å². The topological polar surface area (TPSA) is 122 Å². The van der Waals surface area contributed by atoms with E-state index in [-0.39, 0.29) is 4.88 Å². The molecule has 0 bridgehead atoms. The summed E-state index contributed by atoms with van der Waals surface area (Å²) in [5.41, 5.74) is 15.7. The van der Waals surface area contributed by atoms with Crippen molar-refractivity contribution >= 4 is 153 Å². The molecule has 0 radical (unpaired) electrons. The molecule has 8 aromatic heterocycles. The predicted molar refractivity (Wildman–Crippen MR) is 486 cm³/mol. The van der Waals surface area contributed by atoms with E-state index in [1.54, 1.807) is 115 Å². The Balaban J connectivity index is 0.000000188. The summed E-state index contributed by atoms with van der Waals surface area (Å²) < 4.78 is 91.1. The van der Waals surface area contributed by atoms with Crippen molar-refractivity contribution in [2.45, 2.75) is 40.8 Å². The SMILES string of the molecule is COc1ccc(N(c2ccc(OC)cc2)c2ccc(-c3sc(-c4sc(-c5sc(-c6cc7c(s6)-c6sc(C(=O)O)c[n+]6[B-]7(c6ccc(C)cc6)c6ccc(C(F)(F)F)cc6)cc5C)cc4C)c4c3OCCO4)cc2)cc1.COc1ccc(N(c2ccc(OC)cc2)c2ccc(-c3sc(-c4sc(-c5sccc5C)cc4C)c4c3OCCO4)cc2)cc1. The number of carboxylic acid groups (broad SMARTS) is 1. The van der Waals surface area contributed by atoms with Gasteiger partial charge in [0.05, 0.1) is 68.1 Å². The number of nitrogens with zero attached hydrogens (tertiary/aromatic N) is 3. The number of ether oxygens (including phenoxy) is 8. The summed E-state index contributed by atoms with van der Waals surface area (Å²) in [5.74, 6) is 5.32. The number of anilines is 6. The van der Waals surface area contributed by atoms with E-state index in [2.05, 4.69) is 146 Å². The Morgan fingerprint density at radius 3 is 1.15 bits per heavy atom. The van der Waals surface area contributed by atoms with Gasteiger partial charge in [-0.1, -0.05) is 95.8 Å². The van der Waals surface area contributed by atoms with Gasteiger partial charge in [0.1, 0.15) is 55.6 Å². The Morgan fingerprint density at radius 1 is 0.395 bits per heavy atom. The van der Waals surface area contributed by atoms with E-state index < -0.39 is 24.0 Å². The van der Waals surface area contributed by atoms with E-state index >= 15 is 0 Å². The standard InChI is InChI=1S/C58H44BF3N2O6S5.C36H31NO4S3/c1-32-6-12-37(13-7-32)59(38-14-10-36(11-15-38)58(60,61)62)44-30-46(72-54(44)56-63(59)31-48(74-56)57(65)66)45-28-33(2)51(71-45)47-29-34(3)52(73-47)55-50-49(69-26-27-70-50)53(75-55)35-8-16-39(17-9-35)64(40-18-22-42(67-4)23-19-40)41-20-24-43(68-5)25-21-41;1-22-17-20-42-33(22)30-21-23(2)34(43-30)36-32-31(40-18-19-41-32)35(44-36)24-5-7-25(8-6-24)37(26-9-13-28(38-3)14-10-26)27-11-15-29(39-4)16-12-27/h6-25,28-31H,26-27H2,1-5H3,(H,65,66);5-17,20-21H,18-19H2,1-4H3. The van der Waals surface area contributed by atoms with Gasteiger partial charge in [0, 0.05) is 63.4 Å². The van der Waals surface area contributed by atoms with Crippen LogP contribution in [0.5, 0.6) is 46.0 Å². The van der Waals surface area contributed by atoms with Crippen LogP contribution in [0.4, 0.5) is 47.3 Å². The van der Waals surface area contributed by atoms with Gasteiger partial charge in [-0.05, 0) is 219 Å². The lowest BCUT2D eigenvalue weighted by Gasteiger charge is -2.32. The smallest absolute Gasteiger partial charge is 0.416 e. The molecule has 16 aromatic rings. The summed E-state index contributed by atoms with van der Waals surface area (Å²) in [6, 6.07) is 73.8. The summed E-state index contributed by atoms with van der Waals surface area (Å²) in [6.45, 7) is 12.6. The molecule has 0 saturated carbocycles. The molecule has 0 spiro atoms. The Morgan fingerprint density at radius 2 is 0.756 bits per heavy atom. The minimum Gasteiger partial charge on any atom is -0.497 e. The van der Waals surface area contributed by atoms with Crippen LogP contribution < -0.4 is 68.6 Å². The fraction of sp³-hybridized carbons (Fsp3) is 0.149. The number of thiophene rings is 7. The number of carboxylic acids is 1. The highest BCUT2D eigenvalue weighted by atomic mass is 32.1. The van der Waals surface area contributed by atoms with Crippen molar-refractivity contribution in [3.63, 3.8) is 0 Å². The molecule has 13 nitrogen and oxygen atoms in total. The van der Waals surface area contributed by atoms with Gasteiger partial charge in [0.15, 0.2) is 27.9 Å². The fourth-order valence-corrected chi connectivity index (χ4v) is 25.9. The van der Waals surface area contributed by atoms with E-state index in [0.717, 1.165) is 185 Å². The minimum atomic E-state index is -4.52. The number of aromatic nitrogens is 1. The largest absolute Gasteiger partial charge is 0.497 e. The van der Waals surface area contributed by atoms with Crippen LogP contribution in [0.15, 0.2) is 236 Å². The maximum absolute atomic E-state index is 14.0. The van der Waals surface area contributed by atoms with Crippen LogP contribution in [0, 0.1) is 34.6 Å². The second-order valence-corrected chi connectivity index (χ2v) is 37.1. The average Bonchev–Trinajstić information content (AvgIpc) is 1.52. The number of thiazole rings is 1. The molecule has 3 aliphatic heterocycles. The highest BCUT2D eigenvalue weighted by Gasteiger charge is 2.53. The molecule has 8 aromatic carbocycles. The maximum atomic E-state index is 14.0. The van der Waals surface area contributed by atoms with Crippen molar-refractivity contribution in [1.29, 1.82) is 0 Å². The first-order valence-electron chi connectivity index (χ1n) is 38.2. The number of aryl methyl sites for hydroxylation is 5. The second kappa shape index (κ2) is 32.4. The minimum absolute atomic E-state index is 0.154. The molecular weight excluding hydrogens is 1660 g/mol. The number of fused-ring (bicyclic) bond motifs is 5. The molecule has 11 heterocycles. The number of methoxy groups -OCH3 is 4. The fourth-order valence-electron chi connectivity index (χ4n) is 15.8. The number of carbonyl (C=O) groups is 1. The number of benzene rings is 8. The molecule has 0 saturated heterocycles. The van der Waals surface area contributed by atoms with Crippen LogP contribution in [0.2, 0.25) is 0 Å². The van der Waals surface area contributed by atoms with E-state index in [0.29, 0.717) is 31.9 Å². The van der Waals surface area contributed by atoms with Crippen molar-refractivity contribution in [2.24, 2.45) is 0 Å². The Labute approximate surface area is 718 Å². The molecule has 119 heavy (non-hydrogen) atoms. The lowest BCUT2D eigenvalue weighted by Crippen LogP contribution is -2.82. The summed E-state index contributed by atoms with van der Waals surface area (Å²) >= 11 is 13.3. The van der Waals surface area contributed by atoms with Gasteiger partial charge in [-0.15, -0.1) is 95.7 Å². The molecule has 0 amide bonds. The van der Waals surface area contributed by atoms with Gasteiger partial charge < -0.3 is 57.3 Å². The van der Waals surface area contributed by atoms with Gasteiger partial charge in [0.2, 0.25) is 5.01 Å². The van der Waals surface area contributed by atoms with Gasteiger partial charge in [-0.25, -0.2) is 4.79 Å². The number of hydrogen-bond acceptors (Lipinski definition) is 19. The molecule has 1 N–H and O–H groups in total. The maximum Gasteiger partial charge on any atom is 0.416 e. The van der Waals surface area contributed by atoms with Gasteiger partial charge in [-0.3, -0.25) is 0 Å². The first-order valence-corrected chi connectivity index (χ1v) is 44.8. The van der Waals surface area contributed by atoms with E-state index in [1.165, 1.54) is 37.1 Å². The highest BCUT2D eigenvalue weighted by molar-refractivity contribution is 7.32. The molecule has 3 aliphatic rings. The molecule has 0 fully saturated rings. The van der Waals surface area contributed by atoms with Crippen LogP contribution in [-0.4, -0.2) is 72.2 Å². The number of hydrogen-bond donors (Lipinski definition) is 1. The highest BCUT2D eigenvalue weighted by Crippen LogP contribution is 2.60. The molecule has 0 aliphatic carbocycles. The van der Waals surface area contributed by atoms with Crippen LogP contribution in [0.1, 0.15) is 43.1 Å². The zero-order chi connectivity index (χ0) is 82.1. The Hall–Kier alpha value is -11.4. The third-order valence-corrected chi connectivity index (χ3v) is 32.0. The van der Waals surface area contributed by atoms with Crippen LogP contribution in [0.25, 0.3) is 79.5 Å². The summed E-state index contributed by atoms with van der Waals surface area (Å²) in [4.78, 5) is 31.5. The monoisotopic (exact) mass is 1730 g/mol. The lowest BCUT2D eigenvalue weighted by atomic mass is 9.25. The van der Waals surface area contributed by atoms with Gasteiger partial charge in [-0.2, -0.15) is 13.2 Å². The number of alkyl halides is 3.